The first kappa shape index (κ1) is 13.4. The predicted octanol–water partition coefficient (Wildman–Crippen LogP) is 3.14. The topological polar surface area (TPSA) is 51.2 Å². The van der Waals surface area contributed by atoms with E-state index in [1.165, 1.54) is 17.8 Å². The first-order valence-electron chi connectivity index (χ1n) is 6.85. The molecule has 1 aliphatic rings. The second-order valence-corrected chi connectivity index (χ2v) is 6.56. The summed E-state index contributed by atoms with van der Waals surface area (Å²) in [4.78, 5) is 17.0. The summed E-state index contributed by atoms with van der Waals surface area (Å²) >= 11 is 1.54. The number of rotatable bonds is 3. The molecule has 4 nitrogen and oxygen atoms in total. The number of hydrogen-bond acceptors (Lipinski definition) is 4. The van der Waals surface area contributed by atoms with E-state index >= 15 is 0 Å². The molecule has 1 aromatic carbocycles. The van der Waals surface area contributed by atoms with E-state index in [1.54, 1.807) is 7.11 Å². The Kier molecular flexibility index (Phi) is 3.38. The van der Waals surface area contributed by atoms with E-state index in [-0.39, 0.29) is 11.9 Å². The average Bonchev–Trinajstić information content (AvgIpc) is 2.81. The van der Waals surface area contributed by atoms with Gasteiger partial charge in [-0.2, -0.15) is 0 Å². The molecule has 106 valence electrons. The lowest BCUT2D eigenvalue weighted by Crippen LogP contribution is -2.45. The molecular formula is C15H18N2O2S. The van der Waals surface area contributed by atoms with Gasteiger partial charge in [-0.3, -0.25) is 4.79 Å². The van der Waals surface area contributed by atoms with Gasteiger partial charge in [0.1, 0.15) is 11.3 Å². The molecule has 3 rings (SSSR count). The molecule has 0 bridgehead atoms. The van der Waals surface area contributed by atoms with Crippen molar-refractivity contribution in [2.75, 3.05) is 7.11 Å². The van der Waals surface area contributed by atoms with Crippen molar-refractivity contribution in [3.05, 3.63) is 22.7 Å². The Morgan fingerprint density at radius 1 is 1.45 bits per heavy atom. The fraction of sp³-hybridized carbons (Fsp3) is 0.467. The molecule has 0 saturated heterocycles. The quantitative estimate of drug-likeness (QED) is 0.944. The highest BCUT2D eigenvalue weighted by atomic mass is 32.1. The monoisotopic (exact) mass is 290 g/mol. The molecule has 5 heteroatoms. The Labute approximate surface area is 122 Å². The summed E-state index contributed by atoms with van der Waals surface area (Å²) in [5, 5.41) is 4.08. The van der Waals surface area contributed by atoms with Gasteiger partial charge in [0.2, 0.25) is 0 Å². The smallest absolute Gasteiger partial charge is 0.256 e. The van der Waals surface area contributed by atoms with Crippen LogP contribution in [0.3, 0.4) is 0 Å². The van der Waals surface area contributed by atoms with Crippen molar-refractivity contribution < 1.29 is 9.53 Å². The van der Waals surface area contributed by atoms with Crippen LogP contribution in [0.5, 0.6) is 5.75 Å². The number of benzene rings is 1. The lowest BCUT2D eigenvalue weighted by molar-refractivity contribution is 0.0883. The lowest BCUT2D eigenvalue weighted by Gasteiger charge is -2.34. The van der Waals surface area contributed by atoms with Crippen LogP contribution in [0.25, 0.3) is 10.2 Å². The summed E-state index contributed by atoms with van der Waals surface area (Å²) in [5.41, 5.74) is 1.48. The SMILES string of the molecule is COc1ccc2nc(C)sc2c1C(=O)NC1CCC1C. The number of methoxy groups -OCH3 is 1. The molecule has 0 spiro atoms. The summed E-state index contributed by atoms with van der Waals surface area (Å²) in [5.74, 6) is 1.13. The Balaban J connectivity index is 2.01. The number of nitrogens with zero attached hydrogens (tertiary/aromatic N) is 1. The van der Waals surface area contributed by atoms with E-state index in [1.807, 2.05) is 19.1 Å². The Bertz CT molecular complexity index is 665. The second kappa shape index (κ2) is 5.05. The van der Waals surface area contributed by atoms with Crippen molar-refractivity contribution in [1.82, 2.24) is 10.3 Å². The average molecular weight is 290 g/mol. The van der Waals surface area contributed by atoms with Crippen molar-refractivity contribution >= 4 is 27.5 Å². The zero-order chi connectivity index (χ0) is 14.3. The molecule has 1 aromatic heterocycles. The van der Waals surface area contributed by atoms with Crippen molar-refractivity contribution in [1.29, 1.82) is 0 Å². The maximum atomic E-state index is 12.6. The third-order valence-corrected chi connectivity index (χ3v) is 5.01. The molecule has 0 aliphatic heterocycles. The Hall–Kier alpha value is -1.62. The number of carbonyl (C=O) groups excluding carboxylic acids is 1. The van der Waals surface area contributed by atoms with Gasteiger partial charge in [-0.05, 0) is 37.8 Å². The minimum atomic E-state index is -0.0485. The van der Waals surface area contributed by atoms with Gasteiger partial charge in [-0.1, -0.05) is 6.92 Å². The van der Waals surface area contributed by atoms with Gasteiger partial charge in [0.25, 0.3) is 5.91 Å². The fourth-order valence-electron chi connectivity index (χ4n) is 2.59. The van der Waals surface area contributed by atoms with Gasteiger partial charge in [-0.25, -0.2) is 4.98 Å². The highest BCUT2D eigenvalue weighted by Gasteiger charge is 2.30. The van der Waals surface area contributed by atoms with E-state index in [4.69, 9.17) is 4.74 Å². The molecule has 1 heterocycles. The first-order valence-corrected chi connectivity index (χ1v) is 7.66. The number of aromatic nitrogens is 1. The number of amides is 1. The van der Waals surface area contributed by atoms with Gasteiger partial charge in [0, 0.05) is 6.04 Å². The molecular weight excluding hydrogens is 272 g/mol. The highest BCUT2D eigenvalue weighted by Crippen LogP contribution is 2.33. The van der Waals surface area contributed by atoms with Crippen LogP contribution in [0.1, 0.15) is 35.1 Å². The zero-order valence-electron chi connectivity index (χ0n) is 11.9. The summed E-state index contributed by atoms with van der Waals surface area (Å²) in [7, 11) is 1.60. The van der Waals surface area contributed by atoms with Crippen LogP contribution >= 0.6 is 11.3 Å². The van der Waals surface area contributed by atoms with Crippen LogP contribution in [0.4, 0.5) is 0 Å². The van der Waals surface area contributed by atoms with Gasteiger partial charge in [0.05, 0.1) is 22.3 Å². The molecule has 0 radical (unpaired) electrons. The minimum Gasteiger partial charge on any atom is -0.496 e. The van der Waals surface area contributed by atoms with Crippen LogP contribution in [0.2, 0.25) is 0 Å². The summed E-state index contributed by atoms with van der Waals surface area (Å²) < 4.78 is 6.27. The number of ether oxygens (including phenoxy) is 1. The standard InChI is InChI=1S/C15H18N2O2S/c1-8-4-5-10(8)17-15(18)13-12(19-3)7-6-11-14(13)20-9(2)16-11/h6-8,10H,4-5H2,1-3H3,(H,17,18). The molecule has 1 fully saturated rings. The maximum absolute atomic E-state index is 12.6. The minimum absolute atomic E-state index is 0.0485. The van der Waals surface area contributed by atoms with E-state index in [9.17, 15) is 4.79 Å². The van der Waals surface area contributed by atoms with E-state index in [0.717, 1.165) is 21.6 Å². The molecule has 2 unspecified atom stereocenters. The van der Waals surface area contributed by atoms with Crippen LogP contribution < -0.4 is 10.1 Å². The largest absolute Gasteiger partial charge is 0.496 e. The van der Waals surface area contributed by atoms with E-state index < -0.39 is 0 Å². The van der Waals surface area contributed by atoms with Crippen LogP contribution in [0, 0.1) is 12.8 Å². The van der Waals surface area contributed by atoms with Crippen LogP contribution in [-0.4, -0.2) is 24.0 Å². The van der Waals surface area contributed by atoms with Crippen molar-refractivity contribution in [2.45, 2.75) is 32.7 Å². The van der Waals surface area contributed by atoms with Gasteiger partial charge in [-0.15, -0.1) is 11.3 Å². The Morgan fingerprint density at radius 2 is 2.25 bits per heavy atom. The molecule has 1 saturated carbocycles. The lowest BCUT2D eigenvalue weighted by atomic mass is 9.81. The zero-order valence-corrected chi connectivity index (χ0v) is 12.7. The molecule has 2 aromatic rings. The van der Waals surface area contributed by atoms with Crippen LogP contribution in [-0.2, 0) is 0 Å². The number of fused-ring (bicyclic) bond motifs is 1. The molecule has 1 N–H and O–H groups in total. The van der Waals surface area contributed by atoms with Crippen molar-refractivity contribution in [2.24, 2.45) is 5.92 Å². The summed E-state index contributed by atoms with van der Waals surface area (Å²) in [6, 6.07) is 4.01. The van der Waals surface area contributed by atoms with Gasteiger partial charge >= 0.3 is 0 Å². The van der Waals surface area contributed by atoms with Crippen molar-refractivity contribution in [3.8, 4) is 5.75 Å². The normalized spacial score (nSPS) is 21.6. The van der Waals surface area contributed by atoms with Crippen molar-refractivity contribution in [3.63, 3.8) is 0 Å². The summed E-state index contributed by atoms with van der Waals surface area (Å²) in [6.07, 6.45) is 2.25. The van der Waals surface area contributed by atoms with Gasteiger partial charge < -0.3 is 10.1 Å². The molecule has 1 aliphatic carbocycles. The third kappa shape index (κ3) is 2.16. The summed E-state index contributed by atoms with van der Waals surface area (Å²) in [6.45, 7) is 4.12. The molecule has 1 amide bonds. The molecule has 2 atom stereocenters. The highest BCUT2D eigenvalue weighted by molar-refractivity contribution is 7.19. The number of carbonyl (C=O) groups is 1. The first-order chi connectivity index (χ1) is 9.60. The fourth-order valence-corrected chi connectivity index (χ4v) is 3.54. The van der Waals surface area contributed by atoms with Crippen LogP contribution in [0.15, 0.2) is 12.1 Å². The number of aryl methyl sites for hydroxylation is 1. The number of hydrogen-bond donors (Lipinski definition) is 1. The van der Waals surface area contributed by atoms with E-state index in [0.29, 0.717) is 17.2 Å². The number of nitrogens with one attached hydrogen (secondary N) is 1. The third-order valence-electron chi connectivity index (χ3n) is 4.01. The van der Waals surface area contributed by atoms with E-state index in [2.05, 4.69) is 17.2 Å². The number of thiazole rings is 1. The maximum Gasteiger partial charge on any atom is 0.256 e. The molecule has 20 heavy (non-hydrogen) atoms. The van der Waals surface area contributed by atoms with Gasteiger partial charge in [0.15, 0.2) is 0 Å². The Morgan fingerprint density at radius 3 is 2.85 bits per heavy atom. The second-order valence-electron chi connectivity index (χ2n) is 5.36. The predicted molar refractivity (Wildman–Crippen MR) is 80.6 cm³/mol.